The van der Waals surface area contributed by atoms with Gasteiger partial charge in [-0.05, 0) is 12.8 Å². The first-order valence-electron chi connectivity index (χ1n) is 6.38. The summed E-state index contributed by atoms with van der Waals surface area (Å²) in [6.07, 6.45) is -0.437. The van der Waals surface area contributed by atoms with E-state index in [2.05, 4.69) is 0 Å². The topological polar surface area (TPSA) is 77.8 Å². The number of rotatable bonds is 6. The van der Waals surface area contributed by atoms with Gasteiger partial charge in [-0.1, -0.05) is 12.8 Å². The minimum atomic E-state index is -2.69. The average Bonchev–Trinajstić information content (AvgIpc) is 2.37. The van der Waals surface area contributed by atoms with Gasteiger partial charge in [-0.2, -0.15) is 0 Å². The summed E-state index contributed by atoms with van der Waals surface area (Å²) in [4.78, 5) is 24.1. The Morgan fingerprint density at radius 3 is 2.26 bits per heavy atom. The third kappa shape index (κ3) is 4.41. The summed E-state index contributed by atoms with van der Waals surface area (Å²) in [5.74, 6) is -3.20. The number of hydrogen-bond acceptors (Lipinski definition) is 3. The van der Waals surface area contributed by atoms with Crippen LogP contribution < -0.4 is 0 Å². The molecule has 1 rings (SSSR count). The van der Waals surface area contributed by atoms with E-state index < -0.39 is 43.3 Å². The summed E-state index contributed by atoms with van der Waals surface area (Å²) >= 11 is 0. The summed E-state index contributed by atoms with van der Waals surface area (Å²) in [5, 5.41) is 17.9. The molecule has 0 spiro atoms. The molecule has 0 aliphatic heterocycles. The van der Waals surface area contributed by atoms with Crippen LogP contribution in [0, 0.1) is 11.8 Å². The second-order valence-electron chi connectivity index (χ2n) is 4.73. The summed E-state index contributed by atoms with van der Waals surface area (Å²) in [5.41, 5.74) is 0. The number of carbonyl (C=O) groups is 2. The lowest BCUT2D eigenvalue weighted by Crippen LogP contribution is -2.45. The van der Waals surface area contributed by atoms with E-state index in [9.17, 15) is 18.4 Å². The van der Waals surface area contributed by atoms with Crippen molar-refractivity contribution in [3.63, 3.8) is 0 Å². The van der Waals surface area contributed by atoms with Crippen LogP contribution in [0.2, 0.25) is 0 Å². The number of hydrogen-bond donors (Lipinski definition) is 2. The molecule has 2 N–H and O–H groups in total. The lowest BCUT2D eigenvalue weighted by atomic mass is 9.78. The molecule has 1 amide bonds. The normalized spacial score (nSPS) is 23.4. The van der Waals surface area contributed by atoms with Crippen molar-refractivity contribution in [2.45, 2.75) is 32.1 Å². The van der Waals surface area contributed by atoms with Crippen molar-refractivity contribution in [3.05, 3.63) is 0 Å². The maximum Gasteiger partial charge on any atom is 0.307 e. The standard InChI is InChI=1S/C12H19F2NO4/c13-10(14)7-15(5-6-16)11(17)8-3-1-2-4-9(8)12(18)19/h8-10,16H,1-7H2,(H,18,19). The van der Waals surface area contributed by atoms with Crippen LogP contribution >= 0.6 is 0 Å². The Kier molecular flexibility index (Phi) is 6.14. The molecule has 1 aliphatic carbocycles. The third-order valence-electron chi connectivity index (χ3n) is 3.44. The molecule has 0 aromatic heterocycles. The van der Waals surface area contributed by atoms with Crippen molar-refractivity contribution in [3.8, 4) is 0 Å². The minimum Gasteiger partial charge on any atom is -0.481 e. The van der Waals surface area contributed by atoms with Crippen molar-refractivity contribution >= 4 is 11.9 Å². The third-order valence-corrected chi connectivity index (χ3v) is 3.44. The Morgan fingerprint density at radius 2 is 1.79 bits per heavy atom. The zero-order chi connectivity index (χ0) is 14.4. The molecule has 0 radical (unpaired) electrons. The first kappa shape index (κ1) is 15.8. The van der Waals surface area contributed by atoms with Crippen LogP contribution in [-0.4, -0.2) is 53.1 Å². The van der Waals surface area contributed by atoms with Crippen molar-refractivity contribution < 1.29 is 28.6 Å². The first-order chi connectivity index (χ1) is 8.97. The van der Waals surface area contributed by atoms with Crippen LogP contribution in [0.5, 0.6) is 0 Å². The van der Waals surface area contributed by atoms with E-state index in [0.717, 1.165) is 17.7 Å². The van der Waals surface area contributed by atoms with E-state index in [1.165, 1.54) is 0 Å². The minimum absolute atomic E-state index is 0.188. The molecule has 5 nitrogen and oxygen atoms in total. The number of aliphatic carboxylic acids is 1. The fourth-order valence-corrected chi connectivity index (χ4v) is 2.54. The number of carbonyl (C=O) groups excluding carboxylic acids is 1. The van der Waals surface area contributed by atoms with Gasteiger partial charge < -0.3 is 15.1 Å². The van der Waals surface area contributed by atoms with Gasteiger partial charge in [0.2, 0.25) is 5.91 Å². The number of carboxylic acids is 1. The van der Waals surface area contributed by atoms with E-state index in [4.69, 9.17) is 10.2 Å². The summed E-state index contributed by atoms with van der Waals surface area (Å²) in [7, 11) is 0. The van der Waals surface area contributed by atoms with Crippen LogP contribution in [0.25, 0.3) is 0 Å². The Labute approximate surface area is 110 Å². The van der Waals surface area contributed by atoms with Gasteiger partial charge in [0.1, 0.15) is 0 Å². The molecule has 110 valence electrons. The number of alkyl halides is 2. The number of nitrogens with zero attached hydrogens (tertiary/aromatic N) is 1. The van der Waals surface area contributed by atoms with Crippen LogP contribution in [-0.2, 0) is 9.59 Å². The number of aliphatic hydroxyl groups excluding tert-OH is 1. The molecular weight excluding hydrogens is 260 g/mol. The molecular formula is C12H19F2NO4. The molecule has 0 bridgehead atoms. The molecule has 2 atom stereocenters. The highest BCUT2D eigenvalue weighted by atomic mass is 19.3. The maximum absolute atomic E-state index is 12.4. The predicted octanol–water partition coefficient (Wildman–Crippen LogP) is 0.963. The number of aliphatic hydroxyl groups is 1. The van der Waals surface area contributed by atoms with E-state index in [1.54, 1.807) is 0 Å². The number of amides is 1. The molecule has 1 aliphatic rings. The maximum atomic E-state index is 12.4. The van der Waals surface area contributed by atoms with Gasteiger partial charge in [-0.3, -0.25) is 9.59 Å². The summed E-state index contributed by atoms with van der Waals surface area (Å²) in [6.45, 7) is -1.36. The van der Waals surface area contributed by atoms with Crippen molar-refractivity contribution in [1.29, 1.82) is 0 Å². The van der Waals surface area contributed by atoms with E-state index in [-0.39, 0.29) is 6.54 Å². The average molecular weight is 279 g/mol. The van der Waals surface area contributed by atoms with E-state index >= 15 is 0 Å². The highest BCUT2D eigenvalue weighted by molar-refractivity contribution is 5.85. The highest BCUT2D eigenvalue weighted by Gasteiger charge is 2.38. The van der Waals surface area contributed by atoms with E-state index in [1.807, 2.05) is 0 Å². The fraction of sp³-hybridized carbons (Fsp3) is 0.833. The smallest absolute Gasteiger partial charge is 0.307 e. The lowest BCUT2D eigenvalue weighted by molar-refractivity contribution is -0.153. The van der Waals surface area contributed by atoms with Crippen LogP contribution in [0.1, 0.15) is 25.7 Å². The Bertz CT molecular complexity index is 325. The predicted molar refractivity (Wildman–Crippen MR) is 62.8 cm³/mol. The Balaban J connectivity index is 2.77. The second kappa shape index (κ2) is 7.37. The molecule has 0 aromatic rings. The van der Waals surface area contributed by atoms with Gasteiger partial charge >= 0.3 is 5.97 Å². The fourth-order valence-electron chi connectivity index (χ4n) is 2.54. The van der Waals surface area contributed by atoms with Crippen molar-refractivity contribution in [2.75, 3.05) is 19.7 Å². The lowest BCUT2D eigenvalue weighted by Gasteiger charge is -2.32. The number of carboxylic acid groups (broad SMARTS) is 1. The van der Waals surface area contributed by atoms with Crippen LogP contribution in [0.3, 0.4) is 0 Å². The summed E-state index contributed by atoms with van der Waals surface area (Å²) in [6, 6.07) is 0. The Hall–Kier alpha value is -1.24. The van der Waals surface area contributed by atoms with Gasteiger partial charge in [0.05, 0.1) is 25.0 Å². The summed E-state index contributed by atoms with van der Waals surface area (Å²) < 4.78 is 24.8. The van der Waals surface area contributed by atoms with E-state index in [0.29, 0.717) is 12.8 Å². The van der Waals surface area contributed by atoms with Crippen LogP contribution in [0.4, 0.5) is 8.78 Å². The molecule has 1 fully saturated rings. The van der Waals surface area contributed by atoms with Gasteiger partial charge in [-0.15, -0.1) is 0 Å². The van der Waals surface area contributed by atoms with Gasteiger partial charge in [-0.25, -0.2) is 8.78 Å². The molecule has 19 heavy (non-hydrogen) atoms. The second-order valence-corrected chi connectivity index (χ2v) is 4.73. The van der Waals surface area contributed by atoms with Crippen molar-refractivity contribution in [1.82, 2.24) is 4.90 Å². The molecule has 0 saturated heterocycles. The first-order valence-corrected chi connectivity index (χ1v) is 6.38. The number of halogens is 2. The molecule has 7 heteroatoms. The SMILES string of the molecule is O=C(O)C1CCCCC1C(=O)N(CCO)CC(F)F. The largest absolute Gasteiger partial charge is 0.481 e. The molecule has 0 aromatic carbocycles. The van der Waals surface area contributed by atoms with Gasteiger partial charge in [0, 0.05) is 6.54 Å². The molecule has 2 unspecified atom stereocenters. The zero-order valence-corrected chi connectivity index (χ0v) is 10.6. The molecule has 0 heterocycles. The van der Waals surface area contributed by atoms with Crippen molar-refractivity contribution in [2.24, 2.45) is 11.8 Å². The quantitative estimate of drug-likeness (QED) is 0.759. The van der Waals surface area contributed by atoms with Crippen LogP contribution in [0.15, 0.2) is 0 Å². The highest BCUT2D eigenvalue weighted by Crippen LogP contribution is 2.31. The van der Waals surface area contributed by atoms with Gasteiger partial charge in [0.25, 0.3) is 6.43 Å². The Morgan fingerprint density at radius 1 is 1.21 bits per heavy atom. The monoisotopic (exact) mass is 279 g/mol. The zero-order valence-electron chi connectivity index (χ0n) is 10.6. The van der Waals surface area contributed by atoms with Gasteiger partial charge in [0.15, 0.2) is 0 Å². The molecule has 1 saturated carbocycles.